The van der Waals surface area contributed by atoms with Gasteiger partial charge in [0, 0.05) is 33.1 Å². The van der Waals surface area contributed by atoms with E-state index in [9.17, 15) is 9.18 Å². The highest BCUT2D eigenvalue weighted by molar-refractivity contribution is 5.74. The monoisotopic (exact) mass is 332 g/mol. The number of hydrogen-bond acceptors (Lipinski definition) is 4. The Morgan fingerprint density at radius 3 is 2.88 bits per heavy atom. The molecule has 24 heavy (non-hydrogen) atoms. The molecule has 2 heterocycles. The first-order chi connectivity index (χ1) is 11.6. The summed E-state index contributed by atoms with van der Waals surface area (Å²) in [4.78, 5) is 14.0. The number of urea groups is 1. The first kappa shape index (κ1) is 16.4. The van der Waals surface area contributed by atoms with Crippen LogP contribution in [0, 0.1) is 11.7 Å². The van der Waals surface area contributed by atoms with Crippen LogP contribution in [-0.2, 0) is 19.9 Å². The van der Waals surface area contributed by atoms with Crippen LogP contribution in [0.5, 0.6) is 0 Å². The SMILES string of the molecule is Cn1nnnc1CCNC(=O)N1CCC(Cc2ccc(F)cc2)C1. The van der Waals surface area contributed by atoms with Gasteiger partial charge in [0.25, 0.3) is 0 Å². The maximum absolute atomic E-state index is 12.9. The number of tetrazole rings is 1. The number of rotatable bonds is 5. The Hall–Kier alpha value is -2.51. The Morgan fingerprint density at radius 2 is 2.17 bits per heavy atom. The number of benzene rings is 1. The van der Waals surface area contributed by atoms with E-state index in [-0.39, 0.29) is 11.8 Å². The number of nitrogens with zero attached hydrogens (tertiary/aromatic N) is 5. The molecule has 1 saturated heterocycles. The molecule has 1 unspecified atom stereocenters. The lowest BCUT2D eigenvalue weighted by Crippen LogP contribution is -2.39. The van der Waals surface area contributed by atoms with Crippen molar-refractivity contribution < 1.29 is 9.18 Å². The summed E-state index contributed by atoms with van der Waals surface area (Å²) >= 11 is 0. The van der Waals surface area contributed by atoms with Gasteiger partial charge in [0.05, 0.1) is 0 Å². The van der Waals surface area contributed by atoms with Crippen LogP contribution in [0.3, 0.4) is 0 Å². The third kappa shape index (κ3) is 4.06. The summed E-state index contributed by atoms with van der Waals surface area (Å²) in [5.74, 6) is 0.944. The van der Waals surface area contributed by atoms with Gasteiger partial charge < -0.3 is 10.2 Å². The lowest BCUT2D eigenvalue weighted by atomic mass is 9.99. The van der Waals surface area contributed by atoms with E-state index in [0.717, 1.165) is 37.3 Å². The van der Waals surface area contributed by atoms with Gasteiger partial charge in [-0.25, -0.2) is 13.9 Å². The molecule has 0 spiro atoms. The van der Waals surface area contributed by atoms with E-state index in [1.165, 1.54) is 12.1 Å². The van der Waals surface area contributed by atoms with Gasteiger partial charge in [-0.2, -0.15) is 0 Å². The normalized spacial score (nSPS) is 17.2. The number of aromatic nitrogens is 4. The molecule has 1 aliphatic rings. The Bertz CT molecular complexity index is 686. The molecular formula is C16H21FN6O. The smallest absolute Gasteiger partial charge is 0.317 e. The zero-order chi connectivity index (χ0) is 16.9. The van der Waals surface area contributed by atoms with Crippen molar-refractivity contribution in [2.75, 3.05) is 19.6 Å². The summed E-state index contributed by atoms with van der Waals surface area (Å²) in [6.45, 7) is 1.99. The summed E-state index contributed by atoms with van der Waals surface area (Å²) in [6.07, 6.45) is 2.44. The zero-order valence-corrected chi connectivity index (χ0v) is 13.7. The van der Waals surface area contributed by atoms with Crippen LogP contribution in [-0.4, -0.2) is 50.8 Å². The fourth-order valence-electron chi connectivity index (χ4n) is 2.99. The number of halogens is 1. The van der Waals surface area contributed by atoms with E-state index in [2.05, 4.69) is 20.8 Å². The molecular weight excluding hydrogens is 311 g/mol. The first-order valence-corrected chi connectivity index (χ1v) is 8.10. The third-order valence-electron chi connectivity index (χ3n) is 4.34. The van der Waals surface area contributed by atoms with Crippen LogP contribution in [0.25, 0.3) is 0 Å². The van der Waals surface area contributed by atoms with Crippen molar-refractivity contribution in [2.24, 2.45) is 13.0 Å². The van der Waals surface area contributed by atoms with E-state index in [4.69, 9.17) is 0 Å². The summed E-state index contributed by atoms with van der Waals surface area (Å²) in [5.41, 5.74) is 1.11. The van der Waals surface area contributed by atoms with Gasteiger partial charge in [-0.05, 0) is 46.9 Å². The highest BCUT2D eigenvalue weighted by Crippen LogP contribution is 2.21. The topological polar surface area (TPSA) is 75.9 Å². The largest absolute Gasteiger partial charge is 0.338 e. The van der Waals surface area contributed by atoms with E-state index >= 15 is 0 Å². The summed E-state index contributed by atoms with van der Waals surface area (Å²) < 4.78 is 14.5. The minimum atomic E-state index is -0.218. The molecule has 8 heteroatoms. The summed E-state index contributed by atoms with van der Waals surface area (Å²) in [7, 11) is 1.78. The van der Waals surface area contributed by atoms with Crippen LogP contribution >= 0.6 is 0 Å². The Morgan fingerprint density at radius 1 is 1.38 bits per heavy atom. The Balaban J connectivity index is 1.42. The minimum absolute atomic E-state index is 0.0493. The number of hydrogen-bond donors (Lipinski definition) is 1. The number of aryl methyl sites for hydroxylation is 1. The molecule has 1 fully saturated rings. The fourth-order valence-corrected chi connectivity index (χ4v) is 2.99. The average Bonchev–Trinajstić information content (AvgIpc) is 3.19. The average molecular weight is 332 g/mol. The van der Waals surface area contributed by atoms with Gasteiger partial charge in [-0.15, -0.1) is 5.10 Å². The molecule has 0 saturated carbocycles. The summed E-state index contributed by atoms with van der Waals surface area (Å²) in [5, 5.41) is 14.1. The lowest BCUT2D eigenvalue weighted by molar-refractivity contribution is 0.207. The van der Waals surface area contributed by atoms with Crippen molar-refractivity contribution in [3.05, 3.63) is 41.5 Å². The molecule has 0 bridgehead atoms. The van der Waals surface area contributed by atoms with Crippen LogP contribution < -0.4 is 5.32 Å². The van der Waals surface area contributed by atoms with E-state index < -0.39 is 0 Å². The minimum Gasteiger partial charge on any atom is -0.338 e. The van der Waals surface area contributed by atoms with Crippen molar-refractivity contribution >= 4 is 6.03 Å². The van der Waals surface area contributed by atoms with Crippen LogP contribution in [0.2, 0.25) is 0 Å². The van der Waals surface area contributed by atoms with E-state index in [1.54, 1.807) is 11.7 Å². The van der Waals surface area contributed by atoms with Crippen molar-refractivity contribution in [3.8, 4) is 0 Å². The molecule has 2 aromatic rings. The van der Waals surface area contributed by atoms with Crippen LogP contribution in [0.1, 0.15) is 17.8 Å². The third-order valence-corrected chi connectivity index (χ3v) is 4.34. The molecule has 1 aromatic carbocycles. The second kappa shape index (κ2) is 7.37. The van der Waals surface area contributed by atoms with Gasteiger partial charge in [-0.1, -0.05) is 12.1 Å². The quantitative estimate of drug-likeness (QED) is 0.892. The van der Waals surface area contributed by atoms with Gasteiger partial charge in [0.15, 0.2) is 5.82 Å². The Labute approximate surface area is 139 Å². The number of amides is 2. The fraction of sp³-hybridized carbons (Fsp3) is 0.500. The summed E-state index contributed by atoms with van der Waals surface area (Å²) in [6, 6.07) is 6.54. The lowest BCUT2D eigenvalue weighted by Gasteiger charge is -2.17. The van der Waals surface area contributed by atoms with Crippen molar-refractivity contribution in [1.82, 2.24) is 30.4 Å². The van der Waals surface area contributed by atoms with Crippen molar-refractivity contribution in [3.63, 3.8) is 0 Å². The molecule has 1 aliphatic heterocycles. The second-order valence-corrected chi connectivity index (χ2v) is 6.13. The highest BCUT2D eigenvalue weighted by atomic mass is 19.1. The van der Waals surface area contributed by atoms with Crippen LogP contribution in [0.4, 0.5) is 9.18 Å². The standard InChI is InChI=1S/C16H21FN6O/c1-22-15(19-20-21-22)6-8-18-16(24)23-9-7-13(11-23)10-12-2-4-14(17)5-3-12/h2-5,13H,6-11H2,1H3,(H,18,24). The van der Waals surface area contributed by atoms with Gasteiger partial charge in [-0.3, -0.25) is 0 Å². The van der Waals surface area contributed by atoms with Crippen molar-refractivity contribution in [2.45, 2.75) is 19.3 Å². The number of likely N-dealkylation sites (tertiary alicyclic amines) is 1. The highest BCUT2D eigenvalue weighted by Gasteiger charge is 2.26. The van der Waals surface area contributed by atoms with Crippen LogP contribution in [0.15, 0.2) is 24.3 Å². The first-order valence-electron chi connectivity index (χ1n) is 8.10. The maximum Gasteiger partial charge on any atom is 0.317 e. The zero-order valence-electron chi connectivity index (χ0n) is 13.7. The molecule has 0 aliphatic carbocycles. The molecule has 128 valence electrons. The number of nitrogens with one attached hydrogen (secondary N) is 1. The molecule has 0 radical (unpaired) electrons. The van der Waals surface area contributed by atoms with E-state index in [1.807, 2.05) is 17.0 Å². The predicted molar refractivity (Wildman–Crippen MR) is 85.7 cm³/mol. The molecule has 7 nitrogen and oxygen atoms in total. The molecule has 1 atom stereocenters. The van der Waals surface area contributed by atoms with Gasteiger partial charge >= 0.3 is 6.03 Å². The van der Waals surface area contributed by atoms with E-state index in [0.29, 0.717) is 18.9 Å². The molecule has 3 rings (SSSR count). The Kier molecular flexibility index (Phi) is 5.02. The van der Waals surface area contributed by atoms with Gasteiger partial charge in [0.1, 0.15) is 5.82 Å². The number of carbonyl (C=O) groups is 1. The van der Waals surface area contributed by atoms with Crippen molar-refractivity contribution in [1.29, 1.82) is 0 Å². The molecule has 2 amide bonds. The number of carbonyl (C=O) groups excluding carboxylic acids is 1. The predicted octanol–water partition coefficient (Wildman–Crippen LogP) is 1.17. The molecule has 1 aromatic heterocycles. The molecule has 1 N–H and O–H groups in total. The maximum atomic E-state index is 12.9. The van der Waals surface area contributed by atoms with Gasteiger partial charge in [0.2, 0.25) is 0 Å². The second-order valence-electron chi connectivity index (χ2n) is 6.13.